The minimum Gasteiger partial charge on any atom is -0.496 e. The highest BCUT2D eigenvalue weighted by Gasteiger charge is 2.04. The average molecular weight is 256 g/mol. The van der Waals surface area contributed by atoms with Crippen molar-refractivity contribution < 1.29 is 9.84 Å². The van der Waals surface area contributed by atoms with Crippen LogP contribution in [0.2, 0.25) is 0 Å². The van der Waals surface area contributed by atoms with Gasteiger partial charge in [-0.05, 0) is 54.2 Å². The Balaban J connectivity index is 2.25. The van der Waals surface area contributed by atoms with Crippen LogP contribution in [0.4, 0.5) is 0 Å². The van der Waals surface area contributed by atoms with Gasteiger partial charge in [0.1, 0.15) is 5.75 Å². The van der Waals surface area contributed by atoms with Crippen LogP contribution in [0.1, 0.15) is 27.8 Å². The van der Waals surface area contributed by atoms with Gasteiger partial charge in [0.15, 0.2) is 0 Å². The average Bonchev–Trinajstić information content (AvgIpc) is 2.43. The molecule has 0 radical (unpaired) electrons. The van der Waals surface area contributed by atoms with Crippen LogP contribution >= 0.6 is 0 Å². The summed E-state index contributed by atoms with van der Waals surface area (Å²) in [7, 11) is 1.70. The van der Waals surface area contributed by atoms with Gasteiger partial charge in [0.25, 0.3) is 0 Å². The summed E-state index contributed by atoms with van der Waals surface area (Å²) in [5, 5.41) is 9.31. The highest BCUT2D eigenvalue weighted by atomic mass is 16.5. The van der Waals surface area contributed by atoms with E-state index < -0.39 is 0 Å². The van der Waals surface area contributed by atoms with Crippen LogP contribution in [0.15, 0.2) is 36.4 Å². The first-order chi connectivity index (χ1) is 9.13. The number of aliphatic hydroxyl groups excluding tert-OH is 1. The number of methoxy groups -OCH3 is 1. The summed E-state index contributed by atoms with van der Waals surface area (Å²) in [5.41, 5.74) is 5.70. The molecule has 0 heterocycles. The molecule has 100 valence electrons. The highest BCUT2D eigenvalue weighted by molar-refractivity contribution is 5.40. The number of aliphatic hydroxyl groups is 1. The zero-order chi connectivity index (χ0) is 13.8. The van der Waals surface area contributed by atoms with Crippen LogP contribution in [0.3, 0.4) is 0 Å². The molecule has 2 rings (SSSR count). The topological polar surface area (TPSA) is 29.5 Å². The summed E-state index contributed by atoms with van der Waals surface area (Å²) in [6.45, 7) is 4.15. The van der Waals surface area contributed by atoms with Gasteiger partial charge < -0.3 is 9.84 Å². The van der Waals surface area contributed by atoms with E-state index in [2.05, 4.69) is 36.4 Å². The van der Waals surface area contributed by atoms with Crippen LogP contribution < -0.4 is 4.74 Å². The molecule has 0 atom stereocenters. The second-order valence-electron chi connectivity index (χ2n) is 4.90. The summed E-state index contributed by atoms with van der Waals surface area (Å²) in [6.07, 6.45) is 0.851. The molecule has 0 saturated heterocycles. The van der Waals surface area contributed by atoms with Gasteiger partial charge in [0.05, 0.1) is 13.7 Å². The number of rotatable bonds is 4. The van der Waals surface area contributed by atoms with Crippen molar-refractivity contribution in [2.45, 2.75) is 26.9 Å². The monoisotopic (exact) mass is 256 g/mol. The van der Waals surface area contributed by atoms with E-state index in [9.17, 15) is 5.11 Å². The molecule has 2 aromatic carbocycles. The van der Waals surface area contributed by atoms with Gasteiger partial charge in [-0.25, -0.2) is 0 Å². The standard InChI is InChI=1S/C17H20O2/c1-12-4-6-14(9-16(12)11-18)8-15-7-5-13(2)17(10-15)19-3/h4-7,9-10,18H,8,11H2,1-3H3. The Morgan fingerprint density at radius 1 is 0.947 bits per heavy atom. The van der Waals surface area contributed by atoms with Gasteiger partial charge in [-0.15, -0.1) is 0 Å². The Bertz CT molecular complexity index is 522. The van der Waals surface area contributed by atoms with Gasteiger partial charge in [-0.2, -0.15) is 0 Å². The van der Waals surface area contributed by atoms with E-state index in [-0.39, 0.29) is 6.61 Å². The molecule has 0 spiro atoms. The van der Waals surface area contributed by atoms with Gasteiger partial charge >= 0.3 is 0 Å². The molecular weight excluding hydrogens is 236 g/mol. The summed E-state index contributed by atoms with van der Waals surface area (Å²) in [4.78, 5) is 0. The summed E-state index contributed by atoms with van der Waals surface area (Å²) >= 11 is 0. The fourth-order valence-electron chi connectivity index (χ4n) is 2.22. The van der Waals surface area contributed by atoms with E-state index in [4.69, 9.17) is 4.74 Å². The maximum atomic E-state index is 9.31. The predicted molar refractivity (Wildman–Crippen MR) is 77.6 cm³/mol. The maximum Gasteiger partial charge on any atom is 0.122 e. The van der Waals surface area contributed by atoms with E-state index in [0.717, 1.165) is 28.9 Å². The van der Waals surface area contributed by atoms with E-state index in [1.54, 1.807) is 7.11 Å². The summed E-state index contributed by atoms with van der Waals surface area (Å²) in [5.74, 6) is 0.923. The van der Waals surface area contributed by atoms with Crippen molar-refractivity contribution >= 4 is 0 Å². The van der Waals surface area contributed by atoms with E-state index >= 15 is 0 Å². The number of hydrogen-bond donors (Lipinski definition) is 1. The SMILES string of the molecule is COc1cc(Cc2ccc(C)c(CO)c2)ccc1C. The Kier molecular flexibility index (Phi) is 4.23. The van der Waals surface area contributed by atoms with Crippen molar-refractivity contribution in [2.75, 3.05) is 7.11 Å². The third-order valence-electron chi connectivity index (χ3n) is 3.46. The maximum absolute atomic E-state index is 9.31. The second kappa shape index (κ2) is 5.89. The van der Waals surface area contributed by atoms with E-state index in [0.29, 0.717) is 0 Å². The molecule has 0 bridgehead atoms. The van der Waals surface area contributed by atoms with Gasteiger partial charge in [0, 0.05) is 0 Å². The van der Waals surface area contributed by atoms with Gasteiger partial charge in [-0.1, -0.05) is 30.3 Å². The van der Waals surface area contributed by atoms with Crippen molar-refractivity contribution in [3.05, 3.63) is 64.2 Å². The van der Waals surface area contributed by atoms with Crippen molar-refractivity contribution in [3.63, 3.8) is 0 Å². The Labute approximate surface area is 114 Å². The summed E-state index contributed by atoms with van der Waals surface area (Å²) in [6, 6.07) is 12.5. The first-order valence-corrected chi connectivity index (χ1v) is 6.47. The molecule has 0 aliphatic carbocycles. The van der Waals surface area contributed by atoms with Crippen LogP contribution in [-0.2, 0) is 13.0 Å². The van der Waals surface area contributed by atoms with Crippen LogP contribution in [0, 0.1) is 13.8 Å². The fourth-order valence-corrected chi connectivity index (χ4v) is 2.22. The van der Waals surface area contributed by atoms with Crippen LogP contribution in [-0.4, -0.2) is 12.2 Å². The zero-order valence-corrected chi connectivity index (χ0v) is 11.7. The largest absolute Gasteiger partial charge is 0.496 e. The molecule has 0 fully saturated rings. The second-order valence-corrected chi connectivity index (χ2v) is 4.90. The first kappa shape index (κ1) is 13.6. The molecule has 0 amide bonds. The lowest BCUT2D eigenvalue weighted by molar-refractivity contribution is 0.281. The molecule has 0 aliphatic heterocycles. The van der Waals surface area contributed by atoms with Crippen molar-refractivity contribution in [1.82, 2.24) is 0 Å². The third kappa shape index (κ3) is 3.15. The van der Waals surface area contributed by atoms with Gasteiger partial charge in [0.2, 0.25) is 0 Å². The first-order valence-electron chi connectivity index (χ1n) is 6.47. The number of hydrogen-bond acceptors (Lipinski definition) is 2. The third-order valence-corrected chi connectivity index (χ3v) is 3.46. The van der Waals surface area contributed by atoms with Crippen molar-refractivity contribution in [3.8, 4) is 5.75 Å². The quantitative estimate of drug-likeness (QED) is 0.908. The van der Waals surface area contributed by atoms with E-state index in [1.165, 1.54) is 11.1 Å². The lowest BCUT2D eigenvalue weighted by Gasteiger charge is -2.09. The van der Waals surface area contributed by atoms with Crippen LogP contribution in [0.25, 0.3) is 0 Å². The fraction of sp³-hybridized carbons (Fsp3) is 0.294. The molecule has 2 aromatic rings. The molecule has 0 aliphatic rings. The summed E-state index contributed by atoms with van der Waals surface area (Å²) < 4.78 is 5.35. The molecule has 19 heavy (non-hydrogen) atoms. The normalized spacial score (nSPS) is 10.5. The Morgan fingerprint density at radius 2 is 1.58 bits per heavy atom. The number of aryl methyl sites for hydroxylation is 2. The highest BCUT2D eigenvalue weighted by Crippen LogP contribution is 2.21. The van der Waals surface area contributed by atoms with Crippen molar-refractivity contribution in [2.24, 2.45) is 0 Å². The molecule has 0 saturated carbocycles. The lowest BCUT2D eigenvalue weighted by Crippen LogP contribution is -1.95. The Morgan fingerprint density at radius 3 is 2.21 bits per heavy atom. The number of ether oxygens (including phenoxy) is 1. The lowest BCUT2D eigenvalue weighted by atomic mass is 9.99. The molecule has 1 N–H and O–H groups in total. The number of benzene rings is 2. The van der Waals surface area contributed by atoms with E-state index in [1.807, 2.05) is 13.8 Å². The molecular formula is C17H20O2. The molecule has 0 aromatic heterocycles. The molecule has 2 heteroatoms. The molecule has 0 unspecified atom stereocenters. The predicted octanol–water partition coefficient (Wildman–Crippen LogP) is 3.40. The smallest absolute Gasteiger partial charge is 0.122 e. The van der Waals surface area contributed by atoms with Crippen molar-refractivity contribution in [1.29, 1.82) is 0 Å². The Hall–Kier alpha value is -1.80. The molecule has 2 nitrogen and oxygen atoms in total. The van der Waals surface area contributed by atoms with Crippen LogP contribution in [0.5, 0.6) is 5.75 Å². The zero-order valence-electron chi connectivity index (χ0n) is 11.7. The van der Waals surface area contributed by atoms with Gasteiger partial charge in [-0.3, -0.25) is 0 Å². The minimum atomic E-state index is 0.0941. The minimum absolute atomic E-state index is 0.0941.